The number of carbonyl (C=O) groups excluding carboxylic acids is 1. The van der Waals surface area contributed by atoms with Gasteiger partial charge in [0.25, 0.3) is 0 Å². The Kier molecular flexibility index (Phi) is 1.98. The molecule has 3 heteroatoms. The van der Waals surface area contributed by atoms with Gasteiger partial charge in [-0.2, -0.15) is 0 Å². The minimum atomic E-state index is -0.322. The lowest BCUT2D eigenvalue weighted by Gasteiger charge is -1.98. The lowest BCUT2D eigenvalue weighted by Crippen LogP contribution is -2.02. The molecule has 0 aliphatic rings. The van der Waals surface area contributed by atoms with Crippen molar-refractivity contribution >= 4 is 5.97 Å². The van der Waals surface area contributed by atoms with Crippen LogP contribution in [0.4, 0.5) is 0 Å². The van der Waals surface area contributed by atoms with E-state index in [1.807, 2.05) is 6.92 Å². The third-order valence-corrected chi connectivity index (χ3v) is 1.34. The molecule has 1 heterocycles. The lowest BCUT2D eigenvalue weighted by atomic mass is 10.3. The van der Waals surface area contributed by atoms with Crippen LogP contribution in [0.2, 0.25) is 0 Å². The highest BCUT2D eigenvalue weighted by Crippen LogP contribution is 2.24. The maximum atomic E-state index is 10.6. The van der Waals surface area contributed by atoms with Crippen LogP contribution in [0.1, 0.15) is 18.2 Å². The van der Waals surface area contributed by atoms with Gasteiger partial charge in [-0.15, -0.1) is 0 Å². The van der Waals surface area contributed by atoms with E-state index < -0.39 is 0 Å². The average molecular weight is 154 g/mol. The smallest absolute Gasteiger partial charge is 0.308 e. The maximum absolute atomic E-state index is 10.6. The van der Waals surface area contributed by atoms with Gasteiger partial charge in [-0.25, -0.2) is 0 Å². The van der Waals surface area contributed by atoms with Gasteiger partial charge in [-0.3, -0.25) is 4.79 Å². The molecule has 0 aliphatic heterocycles. The lowest BCUT2D eigenvalue weighted by molar-refractivity contribution is -0.132. The molecule has 1 rings (SSSR count). The van der Waals surface area contributed by atoms with Crippen molar-refractivity contribution in [2.45, 2.75) is 20.8 Å². The topological polar surface area (TPSA) is 39.4 Å². The van der Waals surface area contributed by atoms with Crippen molar-refractivity contribution in [3.8, 4) is 5.75 Å². The fourth-order valence-corrected chi connectivity index (χ4v) is 0.858. The van der Waals surface area contributed by atoms with Gasteiger partial charge in [0.15, 0.2) is 5.75 Å². The van der Waals surface area contributed by atoms with Crippen molar-refractivity contribution in [3.63, 3.8) is 0 Å². The van der Waals surface area contributed by atoms with Gasteiger partial charge in [0.2, 0.25) is 0 Å². The van der Waals surface area contributed by atoms with Gasteiger partial charge in [0, 0.05) is 12.5 Å². The minimum Gasteiger partial charge on any atom is -0.465 e. The zero-order valence-electron chi connectivity index (χ0n) is 6.80. The van der Waals surface area contributed by atoms with Crippen molar-refractivity contribution < 1.29 is 13.9 Å². The van der Waals surface area contributed by atoms with E-state index in [1.54, 1.807) is 13.2 Å². The van der Waals surface area contributed by atoms with E-state index in [9.17, 15) is 4.79 Å². The van der Waals surface area contributed by atoms with E-state index >= 15 is 0 Å². The highest BCUT2D eigenvalue weighted by molar-refractivity contribution is 5.70. The summed E-state index contributed by atoms with van der Waals surface area (Å²) in [5.74, 6) is 0.854. The molecule has 0 saturated carbocycles. The van der Waals surface area contributed by atoms with E-state index in [2.05, 4.69) is 0 Å². The van der Waals surface area contributed by atoms with Crippen molar-refractivity contribution in [2.24, 2.45) is 0 Å². The molecule has 1 aromatic rings. The Balaban J connectivity index is 2.92. The number of rotatable bonds is 1. The fourth-order valence-electron chi connectivity index (χ4n) is 0.858. The highest BCUT2D eigenvalue weighted by Gasteiger charge is 2.09. The van der Waals surface area contributed by atoms with E-state index in [1.165, 1.54) is 6.92 Å². The standard InChI is InChI=1S/C8H10O3/c1-5-4-10-6(2)8(5)11-7(3)9/h4H,1-3H3. The summed E-state index contributed by atoms with van der Waals surface area (Å²) in [4.78, 5) is 10.6. The first-order valence-electron chi connectivity index (χ1n) is 3.34. The third-order valence-electron chi connectivity index (χ3n) is 1.34. The van der Waals surface area contributed by atoms with Gasteiger partial charge in [-0.1, -0.05) is 0 Å². The molecule has 60 valence electrons. The predicted octanol–water partition coefficient (Wildman–Crippen LogP) is 1.82. The molecule has 0 unspecified atom stereocenters. The normalized spacial score (nSPS) is 9.73. The van der Waals surface area contributed by atoms with Crippen molar-refractivity contribution in [2.75, 3.05) is 0 Å². The second-order valence-electron chi connectivity index (χ2n) is 2.40. The molecule has 1 aromatic heterocycles. The minimum absolute atomic E-state index is 0.322. The zero-order chi connectivity index (χ0) is 8.43. The third kappa shape index (κ3) is 1.61. The summed E-state index contributed by atoms with van der Waals surface area (Å²) in [7, 11) is 0. The van der Waals surface area contributed by atoms with E-state index in [0.29, 0.717) is 11.5 Å². The molecule has 0 amide bonds. The molecular weight excluding hydrogens is 144 g/mol. The number of hydrogen-bond donors (Lipinski definition) is 0. The first-order valence-corrected chi connectivity index (χ1v) is 3.34. The Morgan fingerprint density at radius 2 is 2.18 bits per heavy atom. The SMILES string of the molecule is CC(=O)Oc1c(C)coc1C. The summed E-state index contributed by atoms with van der Waals surface area (Å²) in [6, 6.07) is 0. The van der Waals surface area contributed by atoms with E-state index in [0.717, 1.165) is 5.56 Å². The molecule has 0 radical (unpaired) electrons. The number of esters is 1. The Morgan fingerprint density at radius 1 is 1.55 bits per heavy atom. The Morgan fingerprint density at radius 3 is 2.55 bits per heavy atom. The van der Waals surface area contributed by atoms with E-state index in [4.69, 9.17) is 9.15 Å². The summed E-state index contributed by atoms with van der Waals surface area (Å²) in [5.41, 5.74) is 0.845. The zero-order valence-corrected chi connectivity index (χ0v) is 6.80. The molecule has 0 N–H and O–H groups in total. The predicted molar refractivity (Wildman–Crippen MR) is 39.5 cm³/mol. The molecule has 0 fully saturated rings. The van der Waals surface area contributed by atoms with Crippen molar-refractivity contribution in [1.29, 1.82) is 0 Å². The monoisotopic (exact) mass is 154 g/mol. The van der Waals surface area contributed by atoms with Gasteiger partial charge in [-0.05, 0) is 13.8 Å². The first-order chi connectivity index (χ1) is 5.11. The highest BCUT2D eigenvalue weighted by atomic mass is 16.5. The summed E-state index contributed by atoms with van der Waals surface area (Å²) in [6.45, 7) is 4.95. The van der Waals surface area contributed by atoms with Crippen LogP contribution in [-0.4, -0.2) is 5.97 Å². The number of hydrogen-bond acceptors (Lipinski definition) is 3. The molecule has 0 aromatic carbocycles. The first kappa shape index (κ1) is 7.85. The summed E-state index contributed by atoms with van der Waals surface area (Å²) >= 11 is 0. The number of furan rings is 1. The van der Waals surface area contributed by atoms with Crippen LogP contribution < -0.4 is 4.74 Å². The molecule has 0 atom stereocenters. The Labute approximate surface area is 65.0 Å². The van der Waals surface area contributed by atoms with Crippen LogP contribution >= 0.6 is 0 Å². The van der Waals surface area contributed by atoms with Gasteiger partial charge < -0.3 is 9.15 Å². The number of carbonyl (C=O) groups is 1. The Hall–Kier alpha value is -1.25. The fraction of sp³-hybridized carbons (Fsp3) is 0.375. The van der Waals surface area contributed by atoms with Crippen LogP contribution in [0.5, 0.6) is 5.75 Å². The Bertz CT molecular complexity index is 253. The number of ether oxygens (including phenoxy) is 1. The molecule has 3 nitrogen and oxygen atoms in total. The summed E-state index contributed by atoms with van der Waals surface area (Å²) in [5, 5.41) is 0. The van der Waals surface area contributed by atoms with Gasteiger partial charge in [0.05, 0.1) is 6.26 Å². The van der Waals surface area contributed by atoms with Crippen molar-refractivity contribution in [3.05, 3.63) is 17.6 Å². The molecule has 0 saturated heterocycles. The largest absolute Gasteiger partial charge is 0.465 e. The quantitative estimate of drug-likeness (QED) is 0.579. The van der Waals surface area contributed by atoms with Gasteiger partial charge in [0.1, 0.15) is 5.76 Å². The second-order valence-corrected chi connectivity index (χ2v) is 2.40. The van der Waals surface area contributed by atoms with Gasteiger partial charge >= 0.3 is 5.97 Å². The second kappa shape index (κ2) is 2.78. The summed E-state index contributed by atoms with van der Waals surface area (Å²) < 4.78 is 9.90. The van der Waals surface area contributed by atoms with Crippen LogP contribution in [0.3, 0.4) is 0 Å². The molecule has 0 spiro atoms. The number of aryl methyl sites for hydroxylation is 2. The average Bonchev–Trinajstić information content (AvgIpc) is 2.18. The summed E-state index contributed by atoms with van der Waals surface area (Å²) in [6.07, 6.45) is 1.56. The molecule has 0 bridgehead atoms. The molecular formula is C8H10O3. The van der Waals surface area contributed by atoms with Crippen LogP contribution in [0.25, 0.3) is 0 Å². The van der Waals surface area contributed by atoms with Crippen LogP contribution in [0.15, 0.2) is 10.7 Å². The maximum Gasteiger partial charge on any atom is 0.308 e. The van der Waals surface area contributed by atoms with Crippen molar-refractivity contribution in [1.82, 2.24) is 0 Å². The molecule has 11 heavy (non-hydrogen) atoms. The van der Waals surface area contributed by atoms with Crippen LogP contribution in [-0.2, 0) is 4.79 Å². The van der Waals surface area contributed by atoms with E-state index in [-0.39, 0.29) is 5.97 Å². The van der Waals surface area contributed by atoms with Crippen LogP contribution in [0, 0.1) is 13.8 Å². The molecule has 0 aliphatic carbocycles.